The summed E-state index contributed by atoms with van der Waals surface area (Å²) in [5.74, 6) is 1.73. The third kappa shape index (κ3) is 4.39. The number of hydrogen-bond acceptors (Lipinski definition) is 4. The van der Waals surface area contributed by atoms with Crippen LogP contribution in [0.15, 0.2) is 18.2 Å². The predicted octanol–water partition coefficient (Wildman–Crippen LogP) is 2.53. The van der Waals surface area contributed by atoms with Crippen molar-refractivity contribution in [3.05, 3.63) is 23.8 Å². The first-order valence-corrected chi connectivity index (χ1v) is 7.53. The molecule has 0 aliphatic carbocycles. The van der Waals surface area contributed by atoms with Crippen LogP contribution in [0.5, 0.6) is 11.5 Å². The molecule has 2 N–H and O–H groups in total. The van der Waals surface area contributed by atoms with Gasteiger partial charge in [-0.05, 0) is 43.9 Å². The Bertz CT molecular complexity index is 403. The Morgan fingerprint density at radius 2 is 2.25 bits per heavy atom. The smallest absolute Gasteiger partial charge is 0.126 e. The Morgan fingerprint density at radius 3 is 2.95 bits per heavy atom. The number of nitrogens with two attached hydrogens (primary N) is 1. The lowest BCUT2D eigenvalue weighted by Crippen LogP contribution is -2.17. The van der Waals surface area contributed by atoms with Crippen LogP contribution in [0.25, 0.3) is 0 Å². The topological polar surface area (TPSA) is 53.7 Å². The van der Waals surface area contributed by atoms with Crippen LogP contribution in [-0.4, -0.2) is 32.5 Å². The Kier molecular flexibility index (Phi) is 6.15. The van der Waals surface area contributed by atoms with Gasteiger partial charge in [0.05, 0.1) is 12.7 Å². The average molecular weight is 279 g/mol. The van der Waals surface area contributed by atoms with E-state index in [1.54, 1.807) is 0 Å². The second-order valence-electron chi connectivity index (χ2n) is 5.10. The highest BCUT2D eigenvalue weighted by Crippen LogP contribution is 2.26. The van der Waals surface area contributed by atoms with Crippen molar-refractivity contribution in [2.75, 3.05) is 26.4 Å². The fourth-order valence-corrected chi connectivity index (χ4v) is 2.30. The van der Waals surface area contributed by atoms with Crippen molar-refractivity contribution in [1.82, 2.24) is 0 Å². The van der Waals surface area contributed by atoms with E-state index in [1.807, 2.05) is 18.2 Å². The lowest BCUT2D eigenvalue weighted by atomic mass is 10.1. The normalized spacial score (nSPS) is 18.2. The second-order valence-corrected chi connectivity index (χ2v) is 5.10. The Labute approximate surface area is 121 Å². The third-order valence-electron chi connectivity index (χ3n) is 3.37. The Balaban J connectivity index is 2.00. The lowest BCUT2D eigenvalue weighted by molar-refractivity contribution is 0.0675. The first kappa shape index (κ1) is 15.1. The van der Waals surface area contributed by atoms with Crippen LogP contribution < -0.4 is 15.2 Å². The van der Waals surface area contributed by atoms with Gasteiger partial charge < -0.3 is 19.9 Å². The molecule has 1 aromatic rings. The number of ether oxygens (including phenoxy) is 3. The van der Waals surface area contributed by atoms with Gasteiger partial charge in [-0.15, -0.1) is 0 Å². The molecule has 0 bridgehead atoms. The van der Waals surface area contributed by atoms with Crippen LogP contribution in [-0.2, 0) is 11.2 Å². The summed E-state index contributed by atoms with van der Waals surface area (Å²) in [6.45, 7) is 4.89. The first-order chi connectivity index (χ1) is 9.83. The zero-order chi connectivity index (χ0) is 14.2. The van der Waals surface area contributed by atoms with Crippen molar-refractivity contribution in [3.8, 4) is 11.5 Å². The number of rotatable bonds is 8. The van der Waals surface area contributed by atoms with E-state index in [1.165, 1.54) is 0 Å². The van der Waals surface area contributed by atoms with Crippen LogP contribution in [0.1, 0.15) is 31.7 Å². The van der Waals surface area contributed by atoms with Gasteiger partial charge in [-0.25, -0.2) is 0 Å². The molecule has 4 heteroatoms. The quantitative estimate of drug-likeness (QED) is 0.794. The molecule has 1 saturated heterocycles. The summed E-state index contributed by atoms with van der Waals surface area (Å²) >= 11 is 0. The summed E-state index contributed by atoms with van der Waals surface area (Å²) in [4.78, 5) is 0. The van der Waals surface area contributed by atoms with E-state index in [2.05, 4.69) is 6.92 Å². The number of benzene rings is 1. The molecule has 1 unspecified atom stereocenters. The van der Waals surface area contributed by atoms with E-state index >= 15 is 0 Å². The Morgan fingerprint density at radius 1 is 1.35 bits per heavy atom. The van der Waals surface area contributed by atoms with E-state index in [4.69, 9.17) is 19.9 Å². The van der Waals surface area contributed by atoms with Gasteiger partial charge in [0.2, 0.25) is 0 Å². The van der Waals surface area contributed by atoms with Crippen LogP contribution in [0.2, 0.25) is 0 Å². The molecular weight excluding hydrogens is 254 g/mol. The van der Waals surface area contributed by atoms with E-state index in [9.17, 15) is 0 Å². The molecule has 1 atom stereocenters. The molecule has 20 heavy (non-hydrogen) atoms. The summed E-state index contributed by atoms with van der Waals surface area (Å²) in [7, 11) is 0. The maximum absolute atomic E-state index is 5.93. The highest BCUT2D eigenvalue weighted by molar-refractivity contribution is 5.41. The minimum Gasteiger partial charge on any atom is -0.493 e. The minimum absolute atomic E-state index is 0.223. The molecule has 1 aliphatic rings. The molecular formula is C16H25NO3. The molecule has 1 aromatic carbocycles. The largest absolute Gasteiger partial charge is 0.493 e. The average Bonchev–Trinajstić information content (AvgIpc) is 2.98. The SMILES string of the molecule is CCCOc1ccc(CCN)c(OCC2CCCO2)c1. The van der Waals surface area contributed by atoms with Crippen molar-refractivity contribution in [2.45, 2.75) is 38.7 Å². The van der Waals surface area contributed by atoms with Gasteiger partial charge in [-0.2, -0.15) is 0 Å². The third-order valence-corrected chi connectivity index (χ3v) is 3.37. The molecule has 1 fully saturated rings. The maximum atomic E-state index is 5.93. The van der Waals surface area contributed by atoms with Gasteiger partial charge in [-0.3, -0.25) is 0 Å². The molecule has 4 nitrogen and oxygen atoms in total. The van der Waals surface area contributed by atoms with Gasteiger partial charge in [0.1, 0.15) is 18.1 Å². The van der Waals surface area contributed by atoms with Crippen molar-refractivity contribution < 1.29 is 14.2 Å². The van der Waals surface area contributed by atoms with E-state index < -0.39 is 0 Å². The van der Waals surface area contributed by atoms with Crippen LogP contribution in [0.4, 0.5) is 0 Å². The Hall–Kier alpha value is -1.26. The molecule has 2 rings (SSSR count). The van der Waals surface area contributed by atoms with E-state index in [-0.39, 0.29) is 6.10 Å². The molecule has 0 amide bonds. The van der Waals surface area contributed by atoms with Gasteiger partial charge in [0.15, 0.2) is 0 Å². The zero-order valence-electron chi connectivity index (χ0n) is 12.3. The highest BCUT2D eigenvalue weighted by Gasteiger charge is 2.17. The first-order valence-electron chi connectivity index (χ1n) is 7.53. The zero-order valence-corrected chi connectivity index (χ0v) is 12.3. The van der Waals surface area contributed by atoms with Crippen LogP contribution in [0.3, 0.4) is 0 Å². The molecule has 0 aromatic heterocycles. The van der Waals surface area contributed by atoms with Crippen molar-refractivity contribution in [1.29, 1.82) is 0 Å². The predicted molar refractivity (Wildman–Crippen MR) is 79.5 cm³/mol. The van der Waals surface area contributed by atoms with Crippen molar-refractivity contribution in [3.63, 3.8) is 0 Å². The maximum Gasteiger partial charge on any atom is 0.126 e. The van der Waals surface area contributed by atoms with Crippen LogP contribution in [0, 0.1) is 0 Å². The summed E-state index contributed by atoms with van der Waals surface area (Å²) in [5, 5.41) is 0. The summed E-state index contributed by atoms with van der Waals surface area (Å²) < 4.78 is 17.2. The fraction of sp³-hybridized carbons (Fsp3) is 0.625. The van der Waals surface area contributed by atoms with Gasteiger partial charge in [0, 0.05) is 12.7 Å². The van der Waals surface area contributed by atoms with Crippen molar-refractivity contribution in [2.24, 2.45) is 5.73 Å². The minimum atomic E-state index is 0.223. The van der Waals surface area contributed by atoms with Gasteiger partial charge >= 0.3 is 0 Å². The fourth-order valence-electron chi connectivity index (χ4n) is 2.30. The molecule has 0 saturated carbocycles. The van der Waals surface area contributed by atoms with Gasteiger partial charge in [-0.1, -0.05) is 13.0 Å². The van der Waals surface area contributed by atoms with Crippen molar-refractivity contribution >= 4 is 0 Å². The second kappa shape index (κ2) is 8.12. The summed E-state index contributed by atoms with van der Waals surface area (Å²) in [6.07, 6.45) is 4.24. The standard InChI is InChI=1S/C16H25NO3/c1-2-9-18-14-6-5-13(7-8-17)16(11-14)20-12-15-4-3-10-19-15/h5-6,11,15H,2-4,7-10,12,17H2,1H3. The lowest BCUT2D eigenvalue weighted by Gasteiger charge is -2.16. The number of hydrogen-bond donors (Lipinski definition) is 1. The molecule has 0 spiro atoms. The summed E-state index contributed by atoms with van der Waals surface area (Å²) in [5.41, 5.74) is 6.79. The molecule has 112 valence electrons. The monoisotopic (exact) mass is 279 g/mol. The highest BCUT2D eigenvalue weighted by atomic mass is 16.5. The van der Waals surface area contributed by atoms with E-state index in [0.717, 1.165) is 56.0 Å². The molecule has 0 radical (unpaired) electrons. The van der Waals surface area contributed by atoms with E-state index in [0.29, 0.717) is 13.2 Å². The molecule has 1 heterocycles. The molecule has 1 aliphatic heterocycles. The van der Waals surface area contributed by atoms with Crippen LogP contribution >= 0.6 is 0 Å². The van der Waals surface area contributed by atoms with Gasteiger partial charge in [0.25, 0.3) is 0 Å². The summed E-state index contributed by atoms with van der Waals surface area (Å²) in [6, 6.07) is 6.00.